The highest BCUT2D eigenvalue weighted by atomic mass is 79.9. The van der Waals surface area contributed by atoms with E-state index in [1.807, 2.05) is 18.2 Å². The molecule has 0 radical (unpaired) electrons. The molecule has 74 valence electrons. The molecule has 1 aromatic carbocycles. The summed E-state index contributed by atoms with van der Waals surface area (Å²) in [5.74, 6) is 0.582. The van der Waals surface area contributed by atoms with Gasteiger partial charge in [0.15, 0.2) is 0 Å². The SMILES string of the molecule is CC(O)c1cc2cc(Br)cc(Br)c2o1. The molecule has 4 heteroatoms. The van der Waals surface area contributed by atoms with Crippen LogP contribution in [0, 0.1) is 0 Å². The van der Waals surface area contributed by atoms with E-state index < -0.39 is 6.10 Å². The minimum atomic E-state index is -0.576. The first-order valence-electron chi connectivity index (χ1n) is 4.14. The molecular formula is C10H8Br2O2. The Hall–Kier alpha value is -0.320. The summed E-state index contributed by atoms with van der Waals surface area (Å²) in [4.78, 5) is 0. The number of fused-ring (bicyclic) bond motifs is 1. The van der Waals surface area contributed by atoms with Crippen LogP contribution in [0.4, 0.5) is 0 Å². The Kier molecular flexibility index (Phi) is 2.68. The maximum atomic E-state index is 9.36. The summed E-state index contributed by atoms with van der Waals surface area (Å²) < 4.78 is 7.36. The van der Waals surface area contributed by atoms with E-state index in [0.29, 0.717) is 5.76 Å². The maximum Gasteiger partial charge on any atom is 0.148 e. The van der Waals surface area contributed by atoms with Crippen molar-refractivity contribution in [1.29, 1.82) is 0 Å². The lowest BCUT2D eigenvalue weighted by molar-refractivity contribution is 0.172. The van der Waals surface area contributed by atoms with Crippen LogP contribution in [0.2, 0.25) is 0 Å². The largest absolute Gasteiger partial charge is 0.457 e. The first kappa shape index (κ1) is 10.2. The second-order valence-electron chi connectivity index (χ2n) is 3.13. The predicted octanol–water partition coefficient (Wildman–Crippen LogP) is 4.01. The van der Waals surface area contributed by atoms with Gasteiger partial charge in [0, 0.05) is 9.86 Å². The lowest BCUT2D eigenvalue weighted by atomic mass is 10.2. The molecule has 0 fully saturated rings. The molecule has 2 aromatic rings. The quantitative estimate of drug-likeness (QED) is 0.861. The van der Waals surface area contributed by atoms with E-state index in [9.17, 15) is 5.11 Å². The van der Waals surface area contributed by atoms with E-state index >= 15 is 0 Å². The highest BCUT2D eigenvalue weighted by molar-refractivity contribution is 9.11. The van der Waals surface area contributed by atoms with E-state index in [2.05, 4.69) is 31.9 Å². The zero-order chi connectivity index (χ0) is 10.3. The van der Waals surface area contributed by atoms with Crippen molar-refractivity contribution in [2.75, 3.05) is 0 Å². The first-order valence-corrected chi connectivity index (χ1v) is 5.73. The molecule has 2 rings (SSSR count). The third-order valence-corrected chi connectivity index (χ3v) is 3.01. The molecule has 0 aliphatic carbocycles. The Morgan fingerprint density at radius 1 is 1.29 bits per heavy atom. The number of hydrogen-bond acceptors (Lipinski definition) is 2. The molecule has 1 aromatic heterocycles. The molecule has 0 saturated carbocycles. The smallest absolute Gasteiger partial charge is 0.148 e. The van der Waals surface area contributed by atoms with Crippen molar-refractivity contribution < 1.29 is 9.52 Å². The molecule has 0 amide bonds. The van der Waals surface area contributed by atoms with E-state index in [4.69, 9.17) is 4.42 Å². The van der Waals surface area contributed by atoms with Crippen LogP contribution < -0.4 is 0 Å². The van der Waals surface area contributed by atoms with Gasteiger partial charge in [-0.3, -0.25) is 0 Å². The molecule has 1 heterocycles. The standard InChI is InChI=1S/C10H8Br2O2/c1-5(13)9-3-6-2-7(11)4-8(12)10(6)14-9/h2-5,13H,1H3. The maximum absolute atomic E-state index is 9.36. The second-order valence-corrected chi connectivity index (χ2v) is 4.90. The molecule has 1 N–H and O–H groups in total. The van der Waals surface area contributed by atoms with Gasteiger partial charge in [-0.2, -0.15) is 0 Å². The van der Waals surface area contributed by atoms with Crippen molar-refractivity contribution in [2.45, 2.75) is 13.0 Å². The van der Waals surface area contributed by atoms with Gasteiger partial charge in [0.25, 0.3) is 0 Å². The number of furan rings is 1. The van der Waals surface area contributed by atoms with Gasteiger partial charge in [0.1, 0.15) is 17.4 Å². The van der Waals surface area contributed by atoms with Crippen LogP contribution in [0.25, 0.3) is 11.0 Å². The first-order chi connectivity index (χ1) is 6.58. The summed E-state index contributed by atoms with van der Waals surface area (Å²) in [5.41, 5.74) is 0.768. The molecule has 2 nitrogen and oxygen atoms in total. The summed E-state index contributed by atoms with van der Waals surface area (Å²) in [5, 5.41) is 10.3. The van der Waals surface area contributed by atoms with Crippen molar-refractivity contribution >= 4 is 42.8 Å². The van der Waals surface area contributed by atoms with Gasteiger partial charge >= 0.3 is 0 Å². The van der Waals surface area contributed by atoms with Crippen molar-refractivity contribution in [3.8, 4) is 0 Å². The van der Waals surface area contributed by atoms with Crippen LogP contribution in [0.5, 0.6) is 0 Å². The molecule has 14 heavy (non-hydrogen) atoms. The second kappa shape index (κ2) is 3.68. The van der Waals surface area contributed by atoms with Gasteiger partial charge in [0.2, 0.25) is 0 Å². The molecule has 1 unspecified atom stereocenters. The molecule has 0 saturated heterocycles. The van der Waals surface area contributed by atoms with Crippen LogP contribution in [0.1, 0.15) is 18.8 Å². The van der Waals surface area contributed by atoms with Gasteiger partial charge in [-0.1, -0.05) is 15.9 Å². The topological polar surface area (TPSA) is 33.4 Å². The number of halogens is 2. The average molecular weight is 320 g/mol. The Morgan fingerprint density at radius 3 is 2.64 bits per heavy atom. The van der Waals surface area contributed by atoms with Gasteiger partial charge < -0.3 is 9.52 Å². The minimum Gasteiger partial charge on any atom is -0.457 e. The Balaban J connectivity index is 2.70. The molecule has 0 spiro atoms. The van der Waals surface area contributed by atoms with Gasteiger partial charge in [-0.05, 0) is 41.1 Å². The van der Waals surface area contributed by atoms with Crippen LogP contribution in [0.3, 0.4) is 0 Å². The van der Waals surface area contributed by atoms with E-state index in [1.165, 1.54) is 0 Å². The zero-order valence-electron chi connectivity index (χ0n) is 7.42. The molecule has 0 aliphatic rings. The third kappa shape index (κ3) is 1.74. The number of aliphatic hydroxyl groups excluding tert-OH is 1. The van der Waals surface area contributed by atoms with E-state index in [-0.39, 0.29) is 0 Å². The van der Waals surface area contributed by atoms with E-state index in [1.54, 1.807) is 6.92 Å². The molecule has 0 aliphatic heterocycles. The predicted molar refractivity (Wildman–Crippen MR) is 62.2 cm³/mol. The van der Waals surface area contributed by atoms with Crippen LogP contribution in [-0.2, 0) is 0 Å². The van der Waals surface area contributed by atoms with Gasteiger partial charge in [-0.15, -0.1) is 0 Å². The van der Waals surface area contributed by atoms with Crippen molar-refractivity contribution in [3.05, 3.63) is 32.9 Å². The fraction of sp³-hybridized carbons (Fsp3) is 0.200. The summed E-state index contributed by atoms with van der Waals surface area (Å²) in [6.07, 6.45) is -0.576. The molecular weight excluding hydrogens is 312 g/mol. The summed E-state index contributed by atoms with van der Waals surface area (Å²) in [7, 11) is 0. The van der Waals surface area contributed by atoms with Crippen molar-refractivity contribution in [1.82, 2.24) is 0 Å². The minimum absolute atomic E-state index is 0.576. The number of aliphatic hydroxyl groups is 1. The van der Waals surface area contributed by atoms with Crippen molar-refractivity contribution in [3.63, 3.8) is 0 Å². The number of rotatable bonds is 1. The Bertz CT molecular complexity index is 474. The molecule has 0 bridgehead atoms. The normalized spacial score (nSPS) is 13.4. The number of hydrogen-bond donors (Lipinski definition) is 1. The van der Waals surface area contributed by atoms with Crippen LogP contribution >= 0.6 is 31.9 Å². The highest BCUT2D eigenvalue weighted by Gasteiger charge is 2.11. The summed E-state index contributed by atoms with van der Waals surface area (Å²) >= 11 is 6.80. The third-order valence-electron chi connectivity index (χ3n) is 1.97. The fourth-order valence-corrected chi connectivity index (χ4v) is 2.64. The highest BCUT2D eigenvalue weighted by Crippen LogP contribution is 2.32. The lowest BCUT2D eigenvalue weighted by Gasteiger charge is -1.96. The Morgan fingerprint density at radius 2 is 2.00 bits per heavy atom. The zero-order valence-corrected chi connectivity index (χ0v) is 10.6. The van der Waals surface area contributed by atoms with Gasteiger partial charge in [-0.25, -0.2) is 0 Å². The van der Waals surface area contributed by atoms with Crippen LogP contribution in [-0.4, -0.2) is 5.11 Å². The van der Waals surface area contributed by atoms with Crippen LogP contribution in [0.15, 0.2) is 31.6 Å². The number of benzene rings is 1. The Labute approximate surface area is 98.2 Å². The monoisotopic (exact) mass is 318 g/mol. The van der Waals surface area contributed by atoms with E-state index in [0.717, 1.165) is 19.9 Å². The lowest BCUT2D eigenvalue weighted by Crippen LogP contribution is -1.85. The summed E-state index contributed by atoms with van der Waals surface area (Å²) in [6.45, 7) is 1.68. The average Bonchev–Trinajstić information content (AvgIpc) is 2.47. The van der Waals surface area contributed by atoms with Crippen molar-refractivity contribution in [2.24, 2.45) is 0 Å². The fourth-order valence-electron chi connectivity index (χ4n) is 1.30. The molecule has 1 atom stereocenters. The summed E-state index contributed by atoms with van der Waals surface area (Å²) in [6, 6.07) is 5.71. The van der Waals surface area contributed by atoms with Gasteiger partial charge in [0.05, 0.1) is 4.47 Å².